The van der Waals surface area contributed by atoms with E-state index in [-0.39, 0.29) is 29.8 Å². The number of rotatable bonds is 2. The van der Waals surface area contributed by atoms with Gasteiger partial charge in [-0.15, -0.1) is 0 Å². The first-order valence-electron chi connectivity index (χ1n) is 6.39. The molecule has 0 unspecified atom stereocenters. The van der Waals surface area contributed by atoms with E-state index in [2.05, 4.69) is 0 Å². The normalized spacial score (nSPS) is 38.4. The van der Waals surface area contributed by atoms with Crippen LogP contribution in [-0.4, -0.2) is 36.0 Å². The van der Waals surface area contributed by atoms with Crippen molar-refractivity contribution in [3.63, 3.8) is 0 Å². The molecule has 3 rings (SSSR count). The first-order valence-corrected chi connectivity index (χ1v) is 6.39. The van der Waals surface area contributed by atoms with Crippen molar-refractivity contribution in [2.75, 3.05) is 13.2 Å². The van der Waals surface area contributed by atoms with E-state index in [1.807, 2.05) is 17.9 Å². The quantitative estimate of drug-likeness (QED) is 0.670. The summed E-state index contributed by atoms with van der Waals surface area (Å²) in [4.78, 5) is 25.6. The topological polar surface area (TPSA) is 46.6 Å². The first kappa shape index (κ1) is 10.8. The van der Waals surface area contributed by atoms with E-state index >= 15 is 0 Å². The van der Waals surface area contributed by atoms with Crippen molar-refractivity contribution >= 4 is 11.9 Å². The Morgan fingerprint density at radius 3 is 3.18 bits per heavy atom. The number of carbonyl (C=O) groups is 2. The minimum Gasteiger partial charge on any atom is -0.466 e. The second-order valence-electron chi connectivity index (χ2n) is 5.04. The molecule has 1 saturated heterocycles. The molecule has 0 bridgehead atoms. The molecular formula is C13H17NO3. The van der Waals surface area contributed by atoms with Gasteiger partial charge in [-0.05, 0) is 31.8 Å². The van der Waals surface area contributed by atoms with Crippen LogP contribution < -0.4 is 0 Å². The molecule has 0 aromatic rings. The lowest BCUT2D eigenvalue weighted by Crippen LogP contribution is -2.66. The van der Waals surface area contributed by atoms with Gasteiger partial charge in [0.05, 0.1) is 12.5 Å². The molecule has 1 aliphatic carbocycles. The van der Waals surface area contributed by atoms with Crippen LogP contribution in [-0.2, 0) is 14.3 Å². The van der Waals surface area contributed by atoms with Gasteiger partial charge >= 0.3 is 5.97 Å². The van der Waals surface area contributed by atoms with Crippen LogP contribution in [0, 0.1) is 17.8 Å². The van der Waals surface area contributed by atoms with Gasteiger partial charge in [0.2, 0.25) is 5.91 Å². The van der Waals surface area contributed by atoms with Gasteiger partial charge in [0.15, 0.2) is 0 Å². The highest BCUT2D eigenvalue weighted by Gasteiger charge is 2.58. The Morgan fingerprint density at radius 2 is 2.41 bits per heavy atom. The Bertz CT molecular complexity index is 390. The van der Waals surface area contributed by atoms with Crippen LogP contribution in [0.15, 0.2) is 12.2 Å². The summed E-state index contributed by atoms with van der Waals surface area (Å²) in [7, 11) is 0. The standard InChI is InChI=1S/C13H17NO3/c1-2-17-13(16)11-8-4-3-7-14-10(15)6-5-9(11)12(8)14/h5-6,8-9,11-12H,2-4,7H2,1H3/t8-,9+,11-,12-/m0/s1. The molecule has 0 radical (unpaired) electrons. The fourth-order valence-corrected chi connectivity index (χ4v) is 3.64. The molecule has 4 heteroatoms. The van der Waals surface area contributed by atoms with Crippen LogP contribution >= 0.6 is 0 Å². The average molecular weight is 235 g/mol. The van der Waals surface area contributed by atoms with Gasteiger partial charge in [-0.25, -0.2) is 0 Å². The number of hydrogen-bond donors (Lipinski definition) is 0. The smallest absolute Gasteiger partial charge is 0.309 e. The van der Waals surface area contributed by atoms with Gasteiger partial charge in [0, 0.05) is 18.5 Å². The van der Waals surface area contributed by atoms with E-state index in [9.17, 15) is 9.59 Å². The fraction of sp³-hybridized carbons (Fsp3) is 0.692. The molecule has 3 aliphatic rings. The third-order valence-electron chi connectivity index (χ3n) is 4.31. The predicted octanol–water partition coefficient (Wildman–Crippen LogP) is 0.972. The Kier molecular flexibility index (Phi) is 2.45. The Hall–Kier alpha value is -1.32. The van der Waals surface area contributed by atoms with Crippen molar-refractivity contribution in [3.8, 4) is 0 Å². The number of nitrogens with zero attached hydrogens (tertiary/aromatic N) is 1. The van der Waals surface area contributed by atoms with Crippen LogP contribution in [0.25, 0.3) is 0 Å². The summed E-state index contributed by atoms with van der Waals surface area (Å²) >= 11 is 0. The summed E-state index contributed by atoms with van der Waals surface area (Å²) in [5.74, 6) is 0.517. The van der Waals surface area contributed by atoms with Gasteiger partial charge in [-0.3, -0.25) is 9.59 Å². The molecule has 4 atom stereocenters. The largest absolute Gasteiger partial charge is 0.466 e. The van der Waals surface area contributed by atoms with Gasteiger partial charge in [-0.1, -0.05) is 6.08 Å². The van der Waals surface area contributed by atoms with Crippen molar-refractivity contribution in [1.82, 2.24) is 4.90 Å². The predicted molar refractivity (Wildman–Crippen MR) is 61.0 cm³/mol. The molecule has 17 heavy (non-hydrogen) atoms. The number of carbonyl (C=O) groups excluding carboxylic acids is 2. The van der Waals surface area contributed by atoms with E-state index < -0.39 is 0 Å². The van der Waals surface area contributed by atoms with E-state index in [1.54, 1.807) is 6.08 Å². The zero-order valence-electron chi connectivity index (χ0n) is 9.96. The Morgan fingerprint density at radius 1 is 1.59 bits per heavy atom. The van der Waals surface area contributed by atoms with Gasteiger partial charge in [0.25, 0.3) is 0 Å². The van der Waals surface area contributed by atoms with E-state index in [1.165, 1.54) is 0 Å². The molecule has 1 amide bonds. The van der Waals surface area contributed by atoms with Crippen LogP contribution in [0.1, 0.15) is 19.8 Å². The number of ether oxygens (including phenoxy) is 1. The fourth-order valence-electron chi connectivity index (χ4n) is 3.64. The van der Waals surface area contributed by atoms with Crippen LogP contribution in [0.2, 0.25) is 0 Å². The molecule has 0 aromatic carbocycles. The lowest BCUT2D eigenvalue weighted by molar-refractivity contribution is -0.173. The summed E-state index contributed by atoms with van der Waals surface area (Å²) < 4.78 is 5.14. The van der Waals surface area contributed by atoms with E-state index in [4.69, 9.17) is 4.74 Å². The Balaban J connectivity index is 1.84. The maximum atomic E-state index is 11.9. The number of hydrogen-bond acceptors (Lipinski definition) is 3. The summed E-state index contributed by atoms with van der Waals surface area (Å²) in [5, 5.41) is 0. The number of piperidine rings is 1. The summed E-state index contributed by atoms with van der Waals surface area (Å²) in [6.07, 6.45) is 5.58. The average Bonchev–Trinajstić information content (AvgIpc) is 2.29. The van der Waals surface area contributed by atoms with Crippen molar-refractivity contribution in [1.29, 1.82) is 0 Å². The lowest BCUT2D eigenvalue weighted by Gasteiger charge is -2.58. The summed E-state index contributed by atoms with van der Waals surface area (Å²) in [5.41, 5.74) is 0. The molecule has 92 valence electrons. The number of amides is 1. The SMILES string of the molecule is CCOC(=O)[C@@H]1[C@H]2C=CC(=O)N3CCC[C@@H]1[C@@H]23. The van der Waals surface area contributed by atoms with Gasteiger partial charge in [0.1, 0.15) is 0 Å². The van der Waals surface area contributed by atoms with Crippen molar-refractivity contribution in [2.45, 2.75) is 25.8 Å². The molecule has 1 saturated carbocycles. The van der Waals surface area contributed by atoms with Gasteiger partial charge in [-0.2, -0.15) is 0 Å². The van der Waals surface area contributed by atoms with Gasteiger partial charge < -0.3 is 9.64 Å². The minimum absolute atomic E-state index is 0.0212. The molecule has 2 fully saturated rings. The zero-order valence-corrected chi connectivity index (χ0v) is 9.96. The van der Waals surface area contributed by atoms with Crippen molar-refractivity contribution < 1.29 is 14.3 Å². The second-order valence-corrected chi connectivity index (χ2v) is 5.04. The van der Waals surface area contributed by atoms with Crippen LogP contribution in [0.4, 0.5) is 0 Å². The Labute approximate surface area is 101 Å². The second kappa shape index (κ2) is 3.86. The third kappa shape index (κ3) is 1.43. The van der Waals surface area contributed by atoms with Crippen molar-refractivity contribution in [2.24, 2.45) is 17.8 Å². The van der Waals surface area contributed by atoms with E-state index in [0.717, 1.165) is 19.4 Å². The van der Waals surface area contributed by atoms with Crippen LogP contribution in [0.3, 0.4) is 0 Å². The zero-order chi connectivity index (χ0) is 12.0. The highest BCUT2D eigenvalue weighted by Crippen LogP contribution is 2.51. The molecule has 0 aromatic heterocycles. The highest BCUT2D eigenvalue weighted by molar-refractivity contribution is 5.90. The lowest BCUT2D eigenvalue weighted by atomic mass is 9.56. The molecule has 0 N–H and O–H groups in total. The first-order chi connectivity index (χ1) is 8.24. The van der Waals surface area contributed by atoms with Crippen molar-refractivity contribution in [3.05, 3.63) is 12.2 Å². The third-order valence-corrected chi connectivity index (χ3v) is 4.31. The van der Waals surface area contributed by atoms with Crippen LogP contribution in [0.5, 0.6) is 0 Å². The molecule has 2 aliphatic heterocycles. The monoisotopic (exact) mass is 235 g/mol. The maximum absolute atomic E-state index is 11.9. The molecule has 0 spiro atoms. The molecule has 4 nitrogen and oxygen atoms in total. The molecule has 2 heterocycles. The maximum Gasteiger partial charge on any atom is 0.309 e. The number of esters is 1. The summed E-state index contributed by atoms with van der Waals surface area (Å²) in [6, 6.07) is 0.260. The molecular weight excluding hydrogens is 218 g/mol. The summed E-state index contributed by atoms with van der Waals surface area (Å²) in [6.45, 7) is 3.11. The van der Waals surface area contributed by atoms with E-state index in [0.29, 0.717) is 12.5 Å². The minimum atomic E-state index is -0.0837. The highest BCUT2D eigenvalue weighted by atomic mass is 16.5.